The Labute approximate surface area is 130 Å². The minimum Gasteiger partial charge on any atom is -0.361 e. The molecule has 1 aromatic carbocycles. The van der Waals surface area contributed by atoms with E-state index in [4.69, 9.17) is 4.52 Å². The van der Waals surface area contributed by atoms with Gasteiger partial charge in [0.15, 0.2) is 0 Å². The van der Waals surface area contributed by atoms with Crippen LogP contribution in [0.1, 0.15) is 35.5 Å². The van der Waals surface area contributed by atoms with Crippen LogP contribution in [-0.2, 0) is 6.54 Å². The van der Waals surface area contributed by atoms with E-state index >= 15 is 0 Å². The number of nitrogens with zero attached hydrogens (tertiary/aromatic N) is 2. The lowest BCUT2D eigenvalue weighted by molar-refractivity contribution is -0.385. The summed E-state index contributed by atoms with van der Waals surface area (Å²) in [6.07, 6.45) is 0. The molecule has 21 heavy (non-hydrogen) atoms. The van der Waals surface area contributed by atoms with Gasteiger partial charge in [0.2, 0.25) is 0 Å². The molecule has 1 N–H and O–H groups in total. The molecule has 0 fully saturated rings. The fraction of sp³-hybridized carbons (Fsp3) is 0.357. The van der Waals surface area contributed by atoms with Crippen LogP contribution in [0.25, 0.3) is 0 Å². The van der Waals surface area contributed by atoms with Crippen LogP contribution in [0, 0.1) is 24.0 Å². The van der Waals surface area contributed by atoms with Crippen molar-refractivity contribution in [1.82, 2.24) is 10.5 Å². The molecule has 0 saturated carbocycles. The second-order valence-electron chi connectivity index (χ2n) is 4.85. The molecule has 0 saturated heterocycles. The van der Waals surface area contributed by atoms with Crippen molar-refractivity contribution in [2.45, 2.75) is 33.4 Å². The third-order valence-corrected chi connectivity index (χ3v) is 4.29. The van der Waals surface area contributed by atoms with Gasteiger partial charge in [0.05, 0.1) is 15.1 Å². The lowest BCUT2D eigenvalue weighted by Crippen LogP contribution is -2.19. The summed E-state index contributed by atoms with van der Waals surface area (Å²) < 4.78 is 5.66. The van der Waals surface area contributed by atoms with Gasteiger partial charge >= 0.3 is 0 Å². The van der Waals surface area contributed by atoms with Crippen LogP contribution < -0.4 is 5.32 Å². The van der Waals surface area contributed by atoms with Crippen LogP contribution >= 0.6 is 15.9 Å². The highest BCUT2D eigenvalue weighted by atomic mass is 79.9. The largest absolute Gasteiger partial charge is 0.361 e. The molecule has 1 aromatic heterocycles. The van der Waals surface area contributed by atoms with Gasteiger partial charge in [0.25, 0.3) is 5.69 Å². The summed E-state index contributed by atoms with van der Waals surface area (Å²) in [5.41, 5.74) is 2.78. The van der Waals surface area contributed by atoms with E-state index in [2.05, 4.69) is 26.4 Å². The normalized spacial score (nSPS) is 12.4. The van der Waals surface area contributed by atoms with Gasteiger partial charge in [-0.2, -0.15) is 0 Å². The Morgan fingerprint density at radius 1 is 1.48 bits per heavy atom. The zero-order valence-electron chi connectivity index (χ0n) is 12.0. The summed E-state index contributed by atoms with van der Waals surface area (Å²) in [5.74, 6) is 0.783. The van der Waals surface area contributed by atoms with E-state index in [0.29, 0.717) is 11.0 Å². The maximum Gasteiger partial charge on any atom is 0.283 e. The molecular weight excluding hydrogens is 338 g/mol. The highest BCUT2D eigenvalue weighted by Crippen LogP contribution is 2.29. The Bertz CT molecular complexity index is 650. The Kier molecular flexibility index (Phi) is 4.74. The number of nitrogens with one attached hydrogen (secondary N) is 1. The van der Waals surface area contributed by atoms with Crippen molar-refractivity contribution in [3.05, 3.63) is 55.4 Å². The minimum absolute atomic E-state index is 0.0439. The summed E-state index contributed by atoms with van der Waals surface area (Å²) in [4.78, 5) is 10.5. The van der Waals surface area contributed by atoms with Crippen molar-refractivity contribution >= 4 is 21.6 Å². The first-order valence-corrected chi connectivity index (χ1v) is 7.29. The molecule has 0 aliphatic carbocycles. The molecule has 0 spiro atoms. The number of nitro groups is 1. The van der Waals surface area contributed by atoms with E-state index in [1.54, 1.807) is 6.07 Å². The topological polar surface area (TPSA) is 81.2 Å². The van der Waals surface area contributed by atoms with Gasteiger partial charge in [0.1, 0.15) is 5.76 Å². The average Bonchev–Trinajstić information content (AvgIpc) is 2.76. The summed E-state index contributed by atoms with van der Waals surface area (Å²) >= 11 is 3.30. The first-order valence-electron chi connectivity index (χ1n) is 6.49. The Balaban J connectivity index is 2.14. The fourth-order valence-electron chi connectivity index (χ4n) is 2.32. The zero-order chi connectivity index (χ0) is 15.6. The third-order valence-electron chi connectivity index (χ3n) is 3.38. The van der Waals surface area contributed by atoms with Gasteiger partial charge in [-0.25, -0.2) is 0 Å². The summed E-state index contributed by atoms with van der Waals surface area (Å²) in [7, 11) is 0. The van der Waals surface area contributed by atoms with Crippen LogP contribution in [0.3, 0.4) is 0 Å². The predicted octanol–water partition coefficient (Wildman–Crippen LogP) is 3.81. The van der Waals surface area contributed by atoms with Crippen molar-refractivity contribution in [2.75, 3.05) is 0 Å². The molecule has 0 bridgehead atoms. The second-order valence-corrected chi connectivity index (χ2v) is 5.64. The van der Waals surface area contributed by atoms with Gasteiger partial charge < -0.3 is 9.84 Å². The van der Waals surface area contributed by atoms with Crippen LogP contribution in [0.15, 0.2) is 27.2 Å². The van der Waals surface area contributed by atoms with Crippen LogP contribution in [0.2, 0.25) is 0 Å². The Hall–Kier alpha value is -1.73. The second kappa shape index (κ2) is 6.36. The number of rotatable bonds is 5. The van der Waals surface area contributed by atoms with Gasteiger partial charge in [0, 0.05) is 24.2 Å². The molecule has 1 heterocycles. The number of aryl methyl sites for hydroxylation is 2. The summed E-state index contributed by atoms with van der Waals surface area (Å²) in [6, 6.07) is 5.05. The van der Waals surface area contributed by atoms with Gasteiger partial charge in [-0.05, 0) is 42.3 Å². The molecule has 112 valence electrons. The number of nitro benzene ring substituents is 1. The van der Waals surface area contributed by atoms with Crippen molar-refractivity contribution in [3.8, 4) is 0 Å². The van der Waals surface area contributed by atoms with E-state index in [0.717, 1.165) is 22.6 Å². The molecule has 2 aromatic rings. The molecule has 0 radical (unpaired) electrons. The molecule has 0 aliphatic heterocycles. The predicted molar refractivity (Wildman–Crippen MR) is 82.0 cm³/mol. The van der Waals surface area contributed by atoms with Crippen LogP contribution in [-0.4, -0.2) is 10.1 Å². The SMILES string of the molecule is Cc1noc(C)c1C(C)NCc1cccc([N+](=O)[O-])c1Br. The van der Waals surface area contributed by atoms with E-state index in [-0.39, 0.29) is 11.7 Å². The number of hydrogen-bond acceptors (Lipinski definition) is 5. The molecule has 0 amide bonds. The Morgan fingerprint density at radius 3 is 2.76 bits per heavy atom. The minimum atomic E-state index is -0.398. The molecule has 1 unspecified atom stereocenters. The highest BCUT2D eigenvalue weighted by molar-refractivity contribution is 9.10. The van der Waals surface area contributed by atoms with E-state index in [9.17, 15) is 10.1 Å². The van der Waals surface area contributed by atoms with E-state index in [1.807, 2.05) is 26.8 Å². The van der Waals surface area contributed by atoms with Crippen molar-refractivity contribution in [1.29, 1.82) is 0 Å². The maximum atomic E-state index is 10.9. The van der Waals surface area contributed by atoms with Crippen LogP contribution in [0.4, 0.5) is 5.69 Å². The molecule has 2 rings (SSSR count). The van der Waals surface area contributed by atoms with E-state index < -0.39 is 4.92 Å². The van der Waals surface area contributed by atoms with Gasteiger partial charge in [-0.15, -0.1) is 0 Å². The van der Waals surface area contributed by atoms with Gasteiger partial charge in [-0.1, -0.05) is 17.3 Å². The van der Waals surface area contributed by atoms with Crippen molar-refractivity contribution in [2.24, 2.45) is 0 Å². The highest BCUT2D eigenvalue weighted by Gasteiger charge is 2.18. The molecule has 0 aliphatic rings. The fourth-order valence-corrected chi connectivity index (χ4v) is 2.87. The standard InChI is InChI=1S/C14H16BrN3O3/c1-8(13-9(2)17-21-10(13)3)16-7-11-5-4-6-12(14(11)15)18(19)20/h4-6,8,16H,7H2,1-3H3. The monoisotopic (exact) mass is 353 g/mol. The summed E-state index contributed by atoms with van der Waals surface area (Å²) in [6.45, 7) is 6.29. The average molecular weight is 354 g/mol. The first kappa shape index (κ1) is 15.7. The quantitative estimate of drug-likeness (QED) is 0.652. The lowest BCUT2D eigenvalue weighted by atomic mass is 10.1. The first-order chi connectivity index (χ1) is 9.91. The Morgan fingerprint density at radius 2 is 2.19 bits per heavy atom. The number of hydrogen-bond donors (Lipinski definition) is 1. The smallest absolute Gasteiger partial charge is 0.283 e. The third kappa shape index (κ3) is 3.30. The molecular formula is C14H16BrN3O3. The maximum absolute atomic E-state index is 10.9. The van der Waals surface area contributed by atoms with Crippen molar-refractivity contribution in [3.63, 3.8) is 0 Å². The van der Waals surface area contributed by atoms with Gasteiger partial charge in [-0.3, -0.25) is 10.1 Å². The molecule has 6 nitrogen and oxygen atoms in total. The number of halogens is 1. The summed E-state index contributed by atoms with van der Waals surface area (Å²) in [5, 5.41) is 18.2. The molecule has 1 atom stereocenters. The van der Waals surface area contributed by atoms with Crippen LogP contribution in [0.5, 0.6) is 0 Å². The number of benzene rings is 1. The van der Waals surface area contributed by atoms with Crippen molar-refractivity contribution < 1.29 is 9.45 Å². The number of aromatic nitrogens is 1. The zero-order valence-corrected chi connectivity index (χ0v) is 13.6. The molecule has 7 heteroatoms. The van der Waals surface area contributed by atoms with E-state index in [1.165, 1.54) is 6.07 Å². The lowest BCUT2D eigenvalue weighted by Gasteiger charge is -2.14.